The van der Waals surface area contributed by atoms with Gasteiger partial charge >= 0.3 is 0 Å². The van der Waals surface area contributed by atoms with Crippen LogP contribution in [0.1, 0.15) is 57.2 Å². The van der Waals surface area contributed by atoms with Crippen molar-refractivity contribution in [3.05, 3.63) is 16.9 Å². The van der Waals surface area contributed by atoms with Crippen molar-refractivity contribution >= 4 is 11.6 Å². The first-order chi connectivity index (χ1) is 9.53. The smallest absolute Gasteiger partial charge is 0.115 e. The molecule has 0 bridgehead atoms. The first-order valence-electron chi connectivity index (χ1n) is 7.59. The van der Waals surface area contributed by atoms with Crippen LogP contribution < -0.4 is 0 Å². The van der Waals surface area contributed by atoms with Crippen LogP contribution in [0.5, 0.6) is 0 Å². The highest BCUT2D eigenvalue weighted by Gasteiger charge is 2.43. The Morgan fingerprint density at radius 3 is 2.60 bits per heavy atom. The molecule has 1 unspecified atom stereocenters. The molecule has 0 aliphatic heterocycles. The largest absolute Gasteiger partial charge is 0.385 e. The van der Waals surface area contributed by atoms with Crippen molar-refractivity contribution in [2.45, 2.75) is 63.6 Å². The third-order valence-corrected chi connectivity index (χ3v) is 4.94. The minimum Gasteiger partial charge on any atom is -0.385 e. The lowest BCUT2D eigenvalue weighted by molar-refractivity contribution is -0.0379. The first-order valence-corrected chi connectivity index (χ1v) is 7.97. The van der Waals surface area contributed by atoms with Crippen LogP contribution in [-0.2, 0) is 6.54 Å². The van der Waals surface area contributed by atoms with Crippen LogP contribution in [0.3, 0.4) is 0 Å². The monoisotopic (exact) mass is 299 g/mol. The molecule has 1 aliphatic carbocycles. The quantitative estimate of drug-likeness (QED) is 0.907. The molecular formula is C15H26ClN3O. The van der Waals surface area contributed by atoms with Gasteiger partial charge in [0.15, 0.2) is 0 Å². The summed E-state index contributed by atoms with van der Waals surface area (Å²) in [4.78, 5) is 2.18. The number of nitrogens with zero attached hydrogens (tertiary/aromatic N) is 3. The Kier molecular flexibility index (Phi) is 5.10. The van der Waals surface area contributed by atoms with Gasteiger partial charge in [0.05, 0.1) is 22.5 Å². The fourth-order valence-electron chi connectivity index (χ4n) is 3.42. The highest BCUT2D eigenvalue weighted by molar-refractivity contribution is 6.31. The van der Waals surface area contributed by atoms with Crippen LogP contribution in [0, 0.1) is 0 Å². The fraction of sp³-hybridized carbons (Fsp3) is 0.800. The predicted octanol–water partition coefficient (Wildman–Crippen LogP) is 3.24. The lowest BCUT2D eigenvalue weighted by Crippen LogP contribution is -2.51. The zero-order valence-electron chi connectivity index (χ0n) is 12.8. The minimum atomic E-state index is -0.584. The molecule has 0 spiro atoms. The summed E-state index contributed by atoms with van der Waals surface area (Å²) in [6.45, 7) is 2.90. The van der Waals surface area contributed by atoms with E-state index in [1.165, 1.54) is 6.42 Å². The highest BCUT2D eigenvalue weighted by Crippen LogP contribution is 2.43. The third kappa shape index (κ3) is 2.74. The van der Waals surface area contributed by atoms with E-state index in [1.807, 2.05) is 4.68 Å². The molecule has 0 radical (unpaired) electrons. The van der Waals surface area contributed by atoms with Gasteiger partial charge in [-0.15, -0.1) is 0 Å². The van der Waals surface area contributed by atoms with Gasteiger partial charge in [-0.05, 0) is 33.4 Å². The van der Waals surface area contributed by atoms with Crippen LogP contribution in [0.2, 0.25) is 5.02 Å². The molecule has 0 saturated heterocycles. The van der Waals surface area contributed by atoms with Crippen molar-refractivity contribution in [1.82, 2.24) is 14.7 Å². The van der Waals surface area contributed by atoms with E-state index in [9.17, 15) is 5.11 Å². The molecule has 0 amide bonds. The molecule has 5 heteroatoms. The summed E-state index contributed by atoms with van der Waals surface area (Å²) in [5, 5.41) is 16.0. The number of rotatable bonds is 5. The molecule has 1 fully saturated rings. The topological polar surface area (TPSA) is 41.3 Å². The molecule has 1 saturated carbocycles. The zero-order chi connectivity index (χ0) is 14.8. The summed E-state index contributed by atoms with van der Waals surface area (Å²) >= 11 is 6.30. The van der Waals surface area contributed by atoms with Gasteiger partial charge in [0.1, 0.15) is 6.10 Å². The molecule has 2 rings (SSSR count). The number of aryl methyl sites for hydroxylation is 1. The Bertz CT molecular complexity index is 438. The second kappa shape index (κ2) is 6.46. The standard InChI is InChI=1S/C15H26ClN3O/c1-4-10-19-13(12(16)11-17-19)14(20)15(18(2)3)8-6-5-7-9-15/h11,14,20H,4-10H2,1-3H3. The summed E-state index contributed by atoms with van der Waals surface area (Å²) in [5.41, 5.74) is 0.567. The van der Waals surface area contributed by atoms with E-state index in [-0.39, 0.29) is 5.54 Å². The normalized spacial score (nSPS) is 20.3. The molecule has 1 aliphatic rings. The Morgan fingerprint density at radius 2 is 2.05 bits per heavy atom. The van der Waals surface area contributed by atoms with Gasteiger partial charge in [-0.1, -0.05) is 37.8 Å². The maximum atomic E-state index is 11.1. The highest BCUT2D eigenvalue weighted by atomic mass is 35.5. The van der Waals surface area contributed by atoms with Crippen molar-refractivity contribution < 1.29 is 5.11 Å². The molecular weight excluding hydrogens is 274 g/mol. The number of halogens is 1. The summed E-state index contributed by atoms with van der Waals surface area (Å²) in [7, 11) is 4.12. The molecule has 20 heavy (non-hydrogen) atoms. The van der Waals surface area contributed by atoms with E-state index in [4.69, 9.17) is 11.6 Å². The number of aliphatic hydroxyl groups excluding tert-OH is 1. The number of hydrogen-bond acceptors (Lipinski definition) is 3. The van der Waals surface area contributed by atoms with Gasteiger partial charge in [0.2, 0.25) is 0 Å². The molecule has 114 valence electrons. The maximum absolute atomic E-state index is 11.1. The molecule has 0 aromatic carbocycles. The Balaban J connectivity index is 2.37. The predicted molar refractivity (Wildman–Crippen MR) is 82.0 cm³/mol. The summed E-state index contributed by atoms with van der Waals surface area (Å²) < 4.78 is 1.87. The van der Waals surface area contributed by atoms with Crippen LogP contribution in [0.25, 0.3) is 0 Å². The van der Waals surface area contributed by atoms with Gasteiger partial charge in [-0.2, -0.15) is 5.10 Å². The van der Waals surface area contributed by atoms with E-state index in [1.54, 1.807) is 6.20 Å². The molecule has 1 aromatic rings. The van der Waals surface area contributed by atoms with Crippen LogP contribution in [-0.4, -0.2) is 39.4 Å². The molecule has 4 nitrogen and oxygen atoms in total. The van der Waals surface area contributed by atoms with Crippen LogP contribution >= 0.6 is 11.6 Å². The SMILES string of the molecule is CCCn1ncc(Cl)c1C(O)C1(N(C)C)CCCCC1. The van der Waals surface area contributed by atoms with Crippen molar-refractivity contribution in [1.29, 1.82) is 0 Å². The number of aliphatic hydroxyl groups is 1. The molecule has 1 aromatic heterocycles. The molecule has 1 atom stereocenters. The second-order valence-corrected chi connectivity index (χ2v) is 6.47. The first kappa shape index (κ1) is 15.8. The van der Waals surface area contributed by atoms with E-state index >= 15 is 0 Å². The Hall–Kier alpha value is -0.580. The molecule has 1 heterocycles. The van der Waals surface area contributed by atoms with E-state index in [0.717, 1.165) is 44.3 Å². The lowest BCUT2D eigenvalue weighted by Gasteiger charge is -2.46. The van der Waals surface area contributed by atoms with E-state index < -0.39 is 6.10 Å². The zero-order valence-corrected chi connectivity index (χ0v) is 13.5. The average molecular weight is 300 g/mol. The Labute approximate surface area is 126 Å². The average Bonchev–Trinajstić information content (AvgIpc) is 2.80. The fourth-order valence-corrected chi connectivity index (χ4v) is 3.66. The summed E-state index contributed by atoms with van der Waals surface area (Å²) in [6, 6.07) is 0. The van der Waals surface area contributed by atoms with Gasteiger partial charge < -0.3 is 10.0 Å². The maximum Gasteiger partial charge on any atom is 0.115 e. The van der Waals surface area contributed by atoms with Crippen molar-refractivity contribution in [3.63, 3.8) is 0 Å². The molecule has 1 N–H and O–H groups in total. The van der Waals surface area contributed by atoms with Gasteiger partial charge in [0.25, 0.3) is 0 Å². The van der Waals surface area contributed by atoms with Gasteiger partial charge in [-0.25, -0.2) is 0 Å². The van der Waals surface area contributed by atoms with Crippen molar-refractivity contribution in [3.8, 4) is 0 Å². The van der Waals surface area contributed by atoms with Gasteiger partial charge in [0, 0.05) is 6.54 Å². The van der Waals surface area contributed by atoms with Crippen LogP contribution in [0.15, 0.2) is 6.20 Å². The third-order valence-electron chi connectivity index (χ3n) is 4.65. The number of likely N-dealkylation sites (N-methyl/N-ethyl adjacent to an activating group) is 1. The lowest BCUT2D eigenvalue weighted by atomic mass is 9.75. The van der Waals surface area contributed by atoms with Crippen molar-refractivity contribution in [2.75, 3.05) is 14.1 Å². The van der Waals surface area contributed by atoms with E-state index in [0.29, 0.717) is 5.02 Å². The number of hydrogen-bond donors (Lipinski definition) is 1. The summed E-state index contributed by atoms with van der Waals surface area (Å²) in [5.74, 6) is 0. The Morgan fingerprint density at radius 1 is 1.40 bits per heavy atom. The van der Waals surface area contributed by atoms with Gasteiger partial charge in [-0.3, -0.25) is 4.68 Å². The van der Waals surface area contributed by atoms with Crippen molar-refractivity contribution in [2.24, 2.45) is 0 Å². The second-order valence-electron chi connectivity index (χ2n) is 6.06. The van der Waals surface area contributed by atoms with E-state index in [2.05, 4.69) is 31.0 Å². The number of aromatic nitrogens is 2. The minimum absolute atomic E-state index is 0.215. The summed E-state index contributed by atoms with van der Waals surface area (Å²) in [6.07, 6.45) is 7.64. The van der Waals surface area contributed by atoms with Crippen LogP contribution in [0.4, 0.5) is 0 Å².